The summed E-state index contributed by atoms with van der Waals surface area (Å²) in [5.74, 6) is -0.279. The SMILES string of the molecule is CCCOc1ccc(C(=O)CCC(=O)N2CCC3(CC2)CC3C(=O)O)cc1. The van der Waals surface area contributed by atoms with E-state index in [1.807, 2.05) is 6.92 Å². The number of carboxylic acids is 1. The average Bonchev–Trinajstić information content (AvgIpc) is 3.39. The van der Waals surface area contributed by atoms with Crippen LogP contribution in [-0.2, 0) is 9.59 Å². The topological polar surface area (TPSA) is 83.9 Å². The molecular weight excluding hydrogens is 346 g/mol. The molecule has 146 valence electrons. The third kappa shape index (κ3) is 4.49. The lowest BCUT2D eigenvalue weighted by molar-refractivity contribution is -0.139. The molecule has 3 rings (SSSR count). The van der Waals surface area contributed by atoms with Crippen LogP contribution in [0.15, 0.2) is 24.3 Å². The van der Waals surface area contributed by atoms with Crippen molar-refractivity contribution in [2.24, 2.45) is 11.3 Å². The van der Waals surface area contributed by atoms with E-state index in [1.165, 1.54) is 0 Å². The van der Waals surface area contributed by atoms with Gasteiger partial charge in [-0.2, -0.15) is 0 Å². The fraction of sp³-hybridized carbons (Fsp3) is 0.571. The molecule has 1 unspecified atom stereocenters. The maximum absolute atomic E-state index is 12.4. The molecular formula is C21H27NO5. The number of piperidine rings is 1. The van der Waals surface area contributed by atoms with Crippen LogP contribution in [0.25, 0.3) is 0 Å². The second kappa shape index (κ2) is 8.11. The molecule has 1 aliphatic carbocycles. The van der Waals surface area contributed by atoms with Crippen molar-refractivity contribution in [3.05, 3.63) is 29.8 Å². The smallest absolute Gasteiger partial charge is 0.307 e. The number of carbonyl (C=O) groups excluding carboxylic acids is 2. The highest BCUT2D eigenvalue weighted by Gasteiger charge is 2.59. The quantitative estimate of drug-likeness (QED) is 0.708. The zero-order chi connectivity index (χ0) is 19.4. The number of amides is 1. The van der Waals surface area contributed by atoms with Gasteiger partial charge in [0.05, 0.1) is 12.5 Å². The number of hydrogen-bond donors (Lipinski definition) is 1. The molecule has 6 heteroatoms. The highest BCUT2D eigenvalue weighted by atomic mass is 16.5. The molecule has 0 aromatic heterocycles. The molecule has 1 aromatic rings. The van der Waals surface area contributed by atoms with E-state index in [9.17, 15) is 14.4 Å². The first-order valence-electron chi connectivity index (χ1n) is 9.72. The molecule has 2 aliphatic rings. The largest absolute Gasteiger partial charge is 0.494 e. The Balaban J connectivity index is 1.43. The molecule has 1 spiro atoms. The van der Waals surface area contributed by atoms with Crippen molar-refractivity contribution in [3.63, 3.8) is 0 Å². The maximum Gasteiger partial charge on any atom is 0.307 e. The summed E-state index contributed by atoms with van der Waals surface area (Å²) in [6, 6.07) is 7.04. The molecule has 2 fully saturated rings. The summed E-state index contributed by atoms with van der Waals surface area (Å²) in [6.45, 7) is 3.87. The predicted octanol–water partition coefficient (Wildman–Crippen LogP) is 3.15. The molecule has 1 aliphatic heterocycles. The Labute approximate surface area is 159 Å². The highest BCUT2D eigenvalue weighted by molar-refractivity contribution is 5.98. The van der Waals surface area contributed by atoms with Gasteiger partial charge < -0.3 is 14.7 Å². The lowest BCUT2D eigenvalue weighted by Gasteiger charge is -2.32. The van der Waals surface area contributed by atoms with Crippen molar-refractivity contribution < 1.29 is 24.2 Å². The Bertz CT molecular complexity index is 704. The highest BCUT2D eigenvalue weighted by Crippen LogP contribution is 2.59. The third-order valence-corrected chi connectivity index (χ3v) is 5.81. The summed E-state index contributed by atoms with van der Waals surface area (Å²) >= 11 is 0. The zero-order valence-electron chi connectivity index (χ0n) is 15.8. The molecule has 1 N–H and O–H groups in total. The number of hydrogen-bond acceptors (Lipinski definition) is 4. The van der Waals surface area contributed by atoms with Crippen molar-refractivity contribution in [1.82, 2.24) is 4.90 Å². The van der Waals surface area contributed by atoms with E-state index in [0.29, 0.717) is 25.3 Å². The van der Waals surface area contributed by atoms with Crippen LogP contribution in [0.3, 0.4) is 0 Å². The van der Waals surface area contributed by atoms with Crippen LogP contribution in [0.1, 0.15) is 55.8 Å². The Morgan fingerprint density at radius 3 is 2.37 bits per heavy atom. The fourth-order valence-corrected chi connectivity index (χ4v) is 3.93. The van der Waals surface area contributed by atoms with Gasteiger partial charge in [0, 0.05) is 31.5 Å². The summed E-state index contributed by atoms with van der Waals surface area (Å²) in [4.78, 5) is 37.6. The van der Waals surface area contributed by atoms with Gasteiger partial charge in [-0.15, -0.1) is 0 Å². The van der Waals surface area contributed by atoms with Crippen LogP contribution in [0.5, 0.6) is 5.75 Å². The molecule has 1 heterocycles. The minimum Gasteiger partial charge on any atom is -0.494 e. The van der Waals surface area contributed by atoms with E-state index in [-0.39, 0.29) is 35.9 Å². The van der Waals surface area contributed by atoms with Gasteiger partial charge >= 0.3 is 5.97 Å². The normalized spacial score (nSPS) is 20.3. The molecule has 1 saturated heterocycles. The summed E-state index contributed by atoms with van der Waals surface area (Å²) in [7, 11) is 0. The minimum atomic E-state index is -0.716. The Hall–Kier alpha value is -2.37. The molecule has 1 amide bonds. The van der Waals surface area contributed by atoms with Gasteiger partial charge in [0.2, 0.25) is 5.91 Å². The number of rotatable bonds is 8. The first-order chi connectivity index (χ1) is 12.9. The number of carbonyl (C=O) groups is 3. The predicted molar refractivity (Wildman–Crippen MR) is 99.8 cm³/mol. The van der Waals surface area contributed by atoms with Gasteiger partial charge in [-0.3, -0.25) is 14.4 Å². The number of aliphatic carboxylic acids is 1. The lowest BCUT2D eigenvalue weighted by atomic mass is 9.90. The number of ether oxygens (including phenoxy) is 1. The Morgan fingerprint density at radius 2 is 1.81 bits per heavy atom. The van der Waals surface area contributed by atoms with E-state index < -0.39 is 5.97 Å². The van der Waals surface area contributed by atoms with E-state index in [0.717, 1.165) is 31.4 Å². The first kappa shape index (κ1) is 19.4. The summed E-state index contributed by atoms with van der Waals surface area (Å²) < 4.78 is 5.50. The van der Waals surface area contributed by atoms with Gasteiger partial charge in [0.25, 0.3) is 0 Å². The van der Waals surface area contributed by atoms with Gasteiger partial charge in [-0.25, -0.2) is 0 Å². The summed E-state index contributed by atoms with van der Waals surface area (Å²) in [5.41, 5.74) is 0.506. The van der Waals surface area contributed by atoms with Crippen molar-refractivity contribution in [1.29, 1.82) is 0 Å². The molecule has 6 nitrogen and oxygen atoms in total. The molecule has 0 bridgehead atoms. The van der Waals surface area contributed by atoms with Crippen LogP contribution >= 0.6 is 0 Å². The Morgan fingerprint density at radius 1 is 1.15 bits per heavy atom. The fourth-order valence-electron chi connectivity index (χ4n) is 3.93. The second-order valence-corrected chi connectivity index (χ2v) is 7.63. The van der Waals surface area contributed by atoms with Crippen LogP contribution < -0.4 is 4.74 Å². The number of likely N-dealkylation sites (tertiary alicyclic amines) is 1. The number of nitrogens with zero attached hydrogens (tertiary/aromatic N) is 1. The molecule has 27 heavy (non-hydrogen) atoms. The van der Waals surface area contributed by atoms with Gasteiger partial charge in [-0.1, -0.05) is 6.92 Å². The molecule has 1 atom stereocenters. The molecule has 1 aromatic carbocycles. The number of ketones is 1. The first-order valence-corrected chi connectivity index (χ1v) is 9.72. The molecule has 1 saturated carbocycles. The second-order valence-electron chi connectivity index (χ2n) is 7.63. The molecule has 0 radical (unpaired) electrons. The van der Waals surface area contributed by atoms with E-state index in [4.69, 9.17) is 9.84 Å². The van der Waals surface area contributed by atoms with Crippen LogP contribution in [0.4, 0.5) is 0 Å². The van der Waals surface area contributed by atoms with E-state index >= 15 is 0 Å². The van der Waals surface area contributed by atoms with Crippen LogP contribution in [0, 0.1) is 11.3 Å². The van der Waals surface area contributed by atoms with Crippen LogP contribution in [-0.4, -0.2) is 47.4 Å². The van der Waals surface area contributed by atoms with Crippen molar-refractivity contribution in [3.8, 4) is 5.75 Å². The van der Waals surface area contributed by atoms with Crippen LogP contribution in [0.2, 0.25) is 0 Å². The third-order valence-electron chi connectivity index (χ3n) is 5.81. The summed E-state index contributed by atoms with van der Waals surface area (Å²) in [5, 5.41) is 9.13. The number of Topliss-reactive ketones (excluding diaryl/α,β-unsaturated/α-hetero) is 1. The Kier molecular flexibility index (Phi) is 5.82. The van der Waals surface area contributed by atoms with E-state index in [1.54, 1.807) is 29.2 Å². The number of carboxylic acid groups (broad SMARTS) is 1. The van der Waals surface area contributed by atoms with Crippen molar-refractivity contribution in [2.45, 2.75) is 45.4 Å². The standard InChI is InChI=1S/C21H27NO5/c1-2-13-27-16-5-3-15(4-6-16)18(23)7-8-19(24)22-11-9-21(10-12-22)14-17(21)20(25)26/h3-6,17H,2,7-14H2,1H3,(H,25,26). The monoisotopic (exact) mass is 373 g/mol. The van der Waals surface area contributed by atoms with Crippen molar-refractivity contribution in [2.75, 3.05) is 19.7 Å². The zero-order valence-corrected chi connectivity index (χ0v) is 15.8. The van der Waals surface area contributed by atoms with Gasteiger partial charge in [0.15, 0.2) is 5.78 Å². The lowest BCUT2D eigenvalue weighted by Crippen LogP contribution is -2.40. The van der Waals surface area contributed by atoms with Crippen molar-refractivity contribution >= 4 is 17.7 Å². The minimum absolute atomic E-state index is 0.0198. The van der Waals surface area contributed by atoms with Gasteiger partial charge in [-0.05, 0) is 55.4 Å². The number of benzene rings is 1. The van der Waals surface area contributed by atoms with E-state index in [2.05, 4.69) is 0 Å². The average molecular weight is 373 g/mol. The van der Waals surface area contributed by atoms with Gasteiger partial charge in [0.1, 0.15) is 5.75 Å². The summed E-state index contributed by atoms with van der Waals surface area (Å²) in [6.07, 6.45) is 3.56. The maximum atomic E-state index is 12.4.